The van der Waals surface area contributed by atoms with Crippen LogP contribution in [0, 0.1) is 0 Å². The molecule has 28 heavy (non-hydrogen) atoms. The monoisotopic (exact) mass is 384 g/mol. The Labute approximate surface area is 160 Å². The van der Waals surface area contributed by atoms with Gasteiger partial charge in [0.2, 0.25) is 6.29 Å². The Balaban J connectivity index is 1.51. The third-order valence-corrected chi connectivity index (χ3v) is 4.79. The summed E-state index contributed by atoms with van der Waals surface area (Å²) in [6.07, 6.45) is -3.30. The summed E-state index contributed by atoms with van der Waals surface area (Å²) < 4.78 is 11.0. The third-order valence-electron chi connectivity index (χ3n) is 4.79. The van der Waals surface area contributed by atoms with Crippen molar-refractivity contribution in [3.63, 3.8) is 0 Å². The van der Waals surface area contributed by atoms with Crippen molar-refractivity contribution in [2.45, 2.75) is 30.7 Å². The zero-order valence-corrected chi connectivity index (χ0v) is 14.8. The molecule has 4 N–H and O–H groups in total. The zero-order valence-electron chi connectivity index (χ0n) is 14.8. The standard InChI is InChI=1S/C20H20N2O6/c23-9-16-17(24)18(25)19(26)20(28-16)27-14-4-1-11(2-5-14)12-3-6-15-13(7-12)8-21-10-22-15/h1-8,10,16-20,23-26H,9H2/t16-,17+,18-,19+,20?/m0/s1. The van der Waals surface area contributed by atoms with Crippen molar-refractivity contribution in [3.05, 3.63) is 55.0 Å². The van der Waals surface area contributed by atoms with Crippen LogP contribution in [-0.2, 0) is 4.74 Å². The summed E-state index contributed by atoms with van der Waals surface area (Å²) in [5.41, 5.74) is 2.80. The van der Waals surface area contributed by atoms with Crippen molar-refractivity contribution < 1.29 is 29.9 Å². The Hall–Kier alpha value is -2.62. The lowest BCUT2D eigenvalue weighted by Gasteiger charge is -2.39. The van der Waals surface area contributed by atoms with E-state index in [2.05, 4.69) is 9.97 Å². The van der Waals surface area contributed by atoms with Crippen molar-refractivity contribution in [1.29, 1.82) is 0 Å². The smallest absolute Gasteiger partial charge is 0.229 e. The number of aliphatic hydroxyl groups is 4. The summed E-state index contributed by atoms with van der Waals surface area (Å²) in [6, 6.07) is 13.0. The van der Waals surface area contributed by atoms with Gasteiger partial charge < -0.3 is 29.9 Å². The maximum atomic E-state index is 10.1. The molecule has 3 aromatic rings. The molecule has 0 radical (unpaired) electrons. The molecule has 4 rings (SSSR count). The van der Waals surface area contributed by atoms with Crippen LogP contribution in [0.2, 0.25) is 0 Å². The Morgan fingerprint density at radius 2 is 1.68 bits per heavy atom. The maximum Gasteiger partial charge on any atom is 0.229 e. The molecule has 5 atom stereocenters. The highest BCUT2D eigenvalue weighted by Crippen LogP contribution is 2.28. The van der Waals surface area contributed by atoms with Crippen molar-refractivity contribution in [1.82, 2.24) is 9.97 Å². The minimum absolute atomic E-state index is 0.414. The molecule has 1 aliphatic rings. The molecule has 0 bridgehead atoms. The number of nitrogens with zero attached hydrogens (tertiary/aromatic N) is 2. The van der Waals surface area contributed by atoms with Gasteiger partial charge in [-0.25, -0.2) is 9.97 Å². The van der Waals surface area contributed by atoms with E-state index in [1.807, 2.05) is 30.3 Å². The second-order valence-corrected chi connectivity index (χ2v) is 6.64. The molecule has 0 saturated carbocycles. The molecule has 0 amide bonds. The fraction of sp³-hybridized carbons (Fsp3) is 0.300. The molecule has 1 aliphatic heterocycles. The van der Waals surface area contributed by atoms with E-state index in [1.165, 1.54) is 6.33 Å². The minimum atomic E-state index is -1.48. The van der Waals surface area contributed by atoms with Gasteiger partial charge >= 0.3 is 0 Å². The van der Waals surface area contributed by atoms with Crippen LogP contribution in [0.15, 0.2) is 55.0 Å². The van der Waals surface area contributed by atoms with Crippen molar-refractivity contribution in [3.8, 4) is 16.9 Å². The highest BCUT2D eigenvalue weighted by molar-refractivity contribution is 5.83. The van der Waals surface area contributed by atoms with Crippen LogP contribution in [0.25, 0.3) is 22.0 Å². The molecule has 146 valence electrons. The van der Waals surface area contributed by atoms with E-state index in [0.717, 1.165) is 22.0 Å². The second kappa shape index (κ2) is 7.78. The number of fused-ring (bicyclic) bond motifs is 1. The summed E-state index contributed by atoms with van der Waals surface area (Å²) in [5.74, 6) is 0.414. The normalized spacial score (nSPS) is 27.6. The Morgan fingerprint density at radius 1 is 0.929 bits per heavy atom. The molecule has 0 spiro atoms. The summed E-state index contributed by atoms with van der Waals surface area (Å²) >= 11 is 0. The van der Waals surface area contributed by atoms with E-state index >= 15 is 0 Å². The van der Waals surface area contributed by atoms with Gasteiger partial charge in [0.1, 0.15) is 36.5 Å². The van der Waals surface area contributed by atoms with Gasteiger partial charge in [0.25, 0.3) is 0 Å². The molecule has 1 saturated heterocycles. The van der Waals surface area contributed by atoms with Crippen LogP contribution >= 0.6 is 0 Å². The molecular weight excluding hydrogens is 364 g/mol. The number of hydrogen-bond acceptors (Lipinski definition) is 8. The molecule has 8 nitrogen and oxygen atoms in total. The quantitative estimate of drug-likeness (QED) is 0.512. The number of benzene rings is 2. The molecule has 1 aromatic heterocycles. The van der Waals surface area contributed by atoms with Gasteiger partial charge in [-0.3, -0.25) is 0 Å². The van der Waals surface area contributed by atoms with Crippen LogP contribution in [0.1, 0.15) is 0 Å². The lowest BCUT2D eigenvalue weighted by Crippen LogP contribution is -2.60. The third kappa shape index (κ3) is 3.56. The fourth-order valence-corrected chi connectivity index (χ4v) is 3.19. The van der Waals surface area contributed by atoms with Crippen molar-refractivity contribution in [2.24, 2.45) is 0 Å². The second-order valence-electron chi connectivity index (χ2n) is 6.64. The summed E-state index contributed by atoms with van der Waals surface area (Å²) in [7, 11) is 0. The zero-order chi connectivity index (χ0) is 19.7. The number of aromatic nitrogens is 2. The average molecular weight is 384 g/mol. The van der Waals surface area contributed by atoms with E-state index in [0.29, 0.717) is 5.75 Å². The Kier molecular flexibility index (Phi) is 5.21. The van der Waals surface area contributed by atoms with Crippen LogP contribution in [-0.4, -0.2) is 67.7 Å². The van der Waals surface area contributed by atoms with Gasteiger partial charge in [-0.1, -0.05) is 18.2 Å². The average Bonchev–Trinajstić information content (AvgIpc) is 2.74. The molecular formula is C20H20N2O6. The van der Waals surface area contributed by atoms with E-state index in [1.54, 1.807) is 18.3 Å². The number of aliphatic hydroxyl groups excluding tert-OH is 4. The lowest BCUT2D eigenvalue weighted by atomic mass is 9.99. The van der Waals surface area contributed by atoms with Crippen LogP contribution in [0.5, 0.6) is 5.75 Å². The first-order valence-corrected chi connectivity index (χ1v) is 8.84. The van der Waals surface area contributed by atoms with Gasteiger partial charge in [-0.05, 0) is 35.4 Å². The van der Waals surface area contributed by atoms with Crippen molar-refractivity contribution >= 4 is 10.9 Å². The van der Waals surface area contributed by atoms with Gasteiger partial charge in [-0.2, -0.15) is 0 Å². The first kappa shape index (κ1) is 18.7. The highest BCUT2D eigenvalue weighted by atomic mass is 16.7. The van der Waals surface area contributed by atoms with E-state index in [9.17, 15) is 20.4 Å². The van der Waals surface area contributed by atoms with Crippen LogP contribution in [0.4, 0.5) is 0 Å². The summed E-state index contributed by atoms with van der Waals surface area (Å²) in [4.78, 5) is 8.24. The summed E-state index contributed by atoms with van der Waals surface area (Å²) in [5, 5.41) is 39.9. The van der Waals surface area contributed by atoms with E-state index in [4.69, 9.17) is 9.47 Å². The van der Waals surface area contributed by atoms with Gasteiger partial charge in [0.15, 0.2) is 0 Å². The maximum absolute atomic E-state index is 10.1. The van der Waals surface area contributed by atoms with Crippen LogP contribution in [0.3, 0.4) is 0 Å². The lowest BCUT2D eigenvalue weighted by molar-refractivity contribution is -0.277. The highest BCUT2D eigenvalue weighted by Gasteiger charge is 2.44. The molecule has 0 aliphatic carbocycles. The van der Waals surface area contributed by atoms with Gasteiger partial charge in [-0.15, -0.1) is 0 Å². The molecule has 1 fully saturated rings. The molecule has 1 unspecified atom stereocenters. The minimum Gasteiger partial charge on any atom is -0.462 e. The van der Waals surface area contributed by atoms with E-state index < -0.39 is 37.3 Å². The molecule has 8 heteroatoms. The first-order valence-electron chi connectivity index (χ1n) is 8.84. The molecule has 2 heterocycles. The number of hydrogen-bond donors (Lipinski definition) is 4. The number of ether oxygens (including phenoxy) is 2. The first-order chi connectivity index (χ1) is 13.6. The van der Waals surface area contributed by atoms with Gasteiger partial charge in [0, 0.05) is 11.6 Å². The number of rotatable bonds is 4. The van der Waals surface area contributed by atoms with Crippen LogP contribution < -0.4 is 4.74 Å². The topological polar surface area (TPSA) is 125 Å². The van der Waals surface area contributed by atoms with Crippen molar-refractivity contribution in [2.75, 3.05) is 6.61 Å². The summed E-state index contributed by atoms with van der Waals surface area (Å²) in [6.45, 7) is -0.505. The predicted octanol–water partition coefficient (Wildman–Crippen LogP) is 0.475. The predicted molar refractivity (Wildman–Crippen MR) is 99.4 cm³/mol. The SMILES string of the molecule is OC[C@@H]1OC(Oc2ccc(-c3ccc4ncncc4c3)cc2)[C@H](O)[C@@H](O)[C@@H]1O. The largest absolute Gasteiger partial charge is 0.462 e. The van der Waals surface area contributed by atoms with E-state index in [-0.39, 0.29) is 0 Å². The molecule has 2 aromatic carbocycles. The Bertz CT molecular complexity index is 949. The fourth-order valence-electron chi connectivity index (χ4n) is 3.19. The van der Waals surface area contributed by atoms with Gasteiger partial charge in [0.05, 0.1) is 12.1 Å². The Morgan fingerprint density at radius 3 is 2.43 bits per heavy atom.